The van der Waals surface area contributed by atoms with Crippen LogP contribution in [0.4, 0.5) is 0 Å². The summed E-state index contributed by atoms with van der Waals surface area (Å²) >= 11 is 0. The summed E-state index contributed by atoms with van der Waals surface area (Å²) in [7, 11) is 0. The first-order valence-electron chi connectivity index (χ1n) is 8.68. The first kappa shape index (κ1) is 12.7. The van der Waals surface area contributed by atoms with Crippen LogP contribution in [0.25, 0.3) is 11.1 Å². The molecule has 0 amide bonds. The number of hydrogen-bond donors (Lipinski definition) is 0. The molecule has 0 nitrogen and oxygen atoms in total. The molecule has 0 heterocycles. The average Bonchev–Trinajstić information content (AvgIpc) is 3.16. The van der Waals surface area contributed by atoms with Gasteiger partial charge in [0, 0.05) is 0 Å². The minimum atomic E-state index is 0.598. The van der Waals surface area contributed by atoms with Crippen molar-refractivity contribution >= 4 is 0 Å². The van der Waals surface area contributed by atoms with E-state index in [1.807, 2.05) is 0 Å². The van der Waals surface area contributed by atoms with Gasteiger partial charge in [0.25, 0.3) is 0 Å². The number of hydrogen-bond acceptors (Lipinski definition) is 0. The van der Waals surface area contributed by atoms with E-state index in [0.717, 1.165) is 11.8 Å². The summed E-state index contributed by atoms with van der Waals surface area (Å²) in [4.78, 5) is 0. The first-order valence-corrected chi connectivity index (χ1v) is 8.68. The SMILES string of the molecule is C1=CC2CC1CC21CCc2cc(-c3ccccc3)ccc2C1. The van der Waals surface area contributed by atoms with Crippen molar-refractivity contribution in [2.45, 2.75) is 32.1 Å². The van der Waals surface area contributed by atoms with Crippen LogP contribution in [0.1, 0.15) is 30.4 Å². The van der Waals surface area contributed by atoms with E-state index in [0.29, 0.717) is 5.41 Å². The maximum atomic E-state index is 2.53. The van der Waals surface area contributed by atoms with E-state index < -0.39 is 0 Å². The molecular weight excluding hydrogens is 264 g/mol. The van der Waals surface area contributed by atoms with Crippen molar-refractivity contribution in [3.63, 3.8) is 0 Å². The van der Waals surface area contributed by atoms with Gasteiger partial charge in [-0.15, -0.1) is 0 Å². The number of benzene rings is 2. The number of rotatable bonds is 1. The van der Waals surface area contributed by atoms with Gasteiger partial charge in [0.2, 0.25) is 0 Å². The van der Waals surface area contributed by atoms with Crippen molar-refractivity contribution in [3.8, 4) is 11.1 Å². The van der Waals surface area contributed by atoms with E-state index in [1.165, 1.54) is 43.2 Å². The fourth-order valence-electron chi connectivity index (χ4n) is 5.24. The molecule has 2 aromatic carbocycles. The Hall–Kier alpha value is -1.82. The Balaban J connectivity index is 1.49. The number of fused-ring (bicyclic) bond motifs is 4. The highest BCUT2D eigenvalue weighted by atomic mass is 14.5. The molecule has 1 saturated carbocycles. The molecule has 5 rings (SSSR count). The predicted octanol–water partition coefficient (Wildman–Crippen LogP) is 5.42. The fraction of sp³-hybridized carbons (Fsp3) is 0.364. The molecule has 110 valence electrons. The van der Waals surface area contributed by atoms with Crippen LogP contribution in [0.3, 0.4) is 0 Å². The molecule has 0 heteroatoms. The van der Waals surface area contributed by atoms with Crippen LogP contribution in [0, 0.1) is 17.3 Å². The monoisotopic (exact) mass is 286 g/mol. The third-order valence-electron chi connectivity index (χ3n) is 6.38. The van der Waals surface area contributed by atoms with Gasteiger partial charge in [-0.3, -0.25) is 0 Å². The van der Waals surface area contributed by atoms with Crippen LogP contribution < -0.4 is 0 Å². The molecule has 0 aliphatic heterocycles. The summed E-state index contributed by atoms with van der Waals surface area (Å²) in [5.41, 5.74) is 6.53. The Bertz CT molecular complexity index is 740. The highest BCUT2D eigenvalue weighted by Crippen LogP contribution is 2.57. The molecule has 0 saturated heterocycles. The third-order valence-corrected chi connectivity index (χ3v) is 6.38. The molecule has 3 unspecified atom stereocenters. The molecule has 2 aromatic rings. The van der Waals surface area contributed by atoms with Crippen molar-refractivity contribution < 1.29 is 0 Å². The lowest BCUT2D eigenvalue weighted by Crippen LogP contribution is -2.32. The topological polar surface area (TPSA) is 0 Å². The summed E-state index contributed by atoms with van der Waals surface area (Å²) in [5, 5.41) is 0. The molecule has 0 radical (unpaired) electrons. The van der Waals surface area contributed by atoms with Crippen molar-refractivity contribution in [1.29, 1.82) is 0 Å². The van der Waals surface area contributed by atoms with Gasteiger partial charge in [0.15, 0.2) is 0 Å². The van der Waals surface area contributed by atoms with E-state index >= 15 is 0 Å². The van der Waals surface area contributed by atoms with Gasteiger partial charge >= 0.3 is 0 Å². The largest absolute Gasteiger partial charge is 0.0851 e. The van der Waals surface area contributed by atoms with Crippen LogP contribution in [-0.4, -0.2) is 0 Å². The van der Waals surface area contributed by atoms with Gasteiger partial charge in [-0.2, -0.15) is 0 Å². The van der Waals surface area contributed by atoms with Crippen molar-refractivity contribution in [2.24, 2.45) is 17.3 Å². The highest BCUT2D eigenvalue weighted by molar-refractivity contribution is 5.65. The fourth-order valence-corrected chi connectivity index (χ4v) is 5.24. The lowest BCUT2D eigenvalue weighted by atomic mass is 9.64. The minimum Gasteiger partial charge on any atom is -0.0851 e. The molecule has 3 aliphatic rings. The molecule has 0 aromatic heterocycles. The molecule has 0 N–H and O–H groups in total. The van der Waals surface area contributed by atoms with Gasteiger partial charge in [0.1, 0.15) is 0 Å². The van der Waals surface area contributed by atoms with Crippen molar-refractivity contribution in [2.75, 3.05) is 0 Å². The van der Waals surface area contributed by atoms with E-state index in [-0.39, 0.29) is 0 Å². The second kappa shape index (κ2) is 4.59. The van der Waals surface area contributed by atoms with Crippen LogP contribution in [0.15, 0.2) is 60.7 Å². The Morgan fingerprint density at radius 1 is 0.864 bits per heavy atom. The molecule has 22 heavy (non-hydrogen) atoms. The number of aryl methyl sites for hydroxylation is 1. The Labute approximate surface area is 132 Å². The maximum absolute atomic E-state index is 2.53. The molecular formula is C22H22. The molecule has 1 spiro atoms. The second-order valence-corrected chi connectivity index (χ2v) is 7.58. The van der Waals surface area contributed by atoms with E-state index in [2.05, 4.69) is 60.7 Å². The Morgan fingerprint density at radius 3 is 2.55 bits per heavy atom. The lowest BCUT2D eigenvalue weighted by Gasteiger charge is -2.40. The lowest BCUT2D eigenvalue weighted by molar-refractivity contribution is 0.195. The second-order valence-electron chi connectivity index (χ2n) is 7.58. The predicted molar refractivity (Wildman–Crippen MR) is 91.7 cm³/mol. The molecule has 3 atom stereocenters. The first-order chi connectivity index (χ1) is 10.8. The van der Waals surface area contributed by atoms with Gasteiger partial charge in [-0.05, 0) is 71.6 Å². The van der Waals surface area contributed by atoms with Crippen LogP contribution in [-0.2, 0) is 12.8 Å². The zero-order valence-electron chi connectivity index (χ0n) is 13.0. The maximum Gasteiger partial charge on any atom is -0.0168 e. The van der Waals surface area contributed by atoms with Crippen LogP contribution >= 0.6 is 0 Å². The summed E-state index contributed by atoms with van der Waals surface area (Å²) < 4.78 is 0. The Morgan fingerprint density at radius 2 is 1.77 bits per heavy atom. The van der Waals surface area contributed by atoms with Gasteiger partial charge in [-0.1, -0.05) is 60.7 Å². The minimum absolute atomic E-state index is 0.598. The molecule has 2 bridgehead atoms. The number of allylic oxidation sites excluding steroid dienone is 2. The zero-order chi connectivity index (χ0) is 14.6. The quantitative estimate of drug-likeness (QED) is 0.614. The van der Waals surface area contributed by atoms with Crippen molar-refractivity contribution in [1.82, 2.24) is 0 Å². The zero-order valence-corrected chi connectivity index (χ0v) is 13.0. The van der Waals surface area contributed by atoms with E-state index in [1.54, 1.807) is 11.1 Å². The summed E-state index contributed by atoms with van der Waals surface area (Å²) in [6, 6.07) is 18.0. The normalized spacial score (nSPS) is 31.6. The van der Waals surface area contributed by atoms with Gasteiger partial charge in [0.05, 0.1) is 0 Å². The van der Waals surface area contributed by atoms with E-state index in [4.69, 9.17) is 0 Å². The summed E-state index contributed by atoms with van der Waals surface area (Å²) in [6.07, 6.45) is 11.8. The molecule has 3 aliphatic carbocycles. The van der Waals surface area contributed by atoms with E-state index in [9.17, 15) is 0 Å². The third kappa shape index (κ3) is 1.83. The van der Waals surface area contributed by atoms with Crippen LogP contribution in [0.5, 0.6) is 0 Å². The summed E-state index contributed by atoms with van der Waals surface area (Å²) in [5.74, 6) is 1.74. The van der Waals surface area contributed by atoms with Crippen LogP contribution in [0.2, 0.25) is 0 Å². The highest BCUT2D eigenvalue weighted by Gasteiger charge is 2.49. The smallest absolute Gasteiger partial charge is 0.0168 e. The van der Waals surface area contributed by atoms with Gasteiger partial charge < -0.3 is 0 Å². The summed E-state index contributed by atoms with van der Waals surface area (Å²) in [6.45, 7) is 0. The molecule has 1 fully saturated rings. The van der Waals surface area contributed by atoms with Crippen molar-refractivity contribution in [3.05, 3.63) is 71.8 Å². The van der Waals surface area contributed by atoms with Gasteiger partial charge in [-0.25, -0.2) is 0 Å². The average molecular weight is 286 g/mol. The Kier molecular flexibility index (Phi) is 2.65. The standard InChI is InChI=1S/C22H22/c1-2-4-17(5-3-1)18-7-8-20-15-22(11-10-19(20)13-18)14-16-6-9-21(22)12-16/h1-9,13,16,21H,10-12,14-15H2.